The van der Waals surface area contributed by atoms with Gasteiger partial charge in [-0.05, 0) is 42.0 Å². The quantitative estimate of drug-likeness (QED) is 0.515. The number of halogens is 1. The summed E-state index contributed by atoms with van der Waals surface area (Å²) in [5, 5.41) is 6.62. The number of pyridine rings is 1. The molecule has 0 atom stereocenters. The average molecular weight is 480 g/mol. The molecule has 0 spiro atoms. The van der Waals surface area contributed by atoms with Crippen molar-refractivity contribution < 1.29 is 18.8 Å². The third-order valence-corrected chi connectivity index (χ3v) is 6.06. The molecule has 4 rings (SSSR count). The van der Waals surface area contributed by atoms with E-state index in [9.17, 15) is 18.8 Å². The van der Waals surface area contributed by atoms with E-state index in [0.29, 0.717) is 17.1 Å². The summed E-state index contributed by atoms with van der Waals surface area (Å²) >= 11 is 0.747. The molecule has 1 saturated heterocycles. The lowest BCUT2D eigenvalue weighted by atomic mass is 10.1. The molecule has 1 aliphatic heterocycles. The van der Waals surface area contributed by atoms with Gasteiger partial charge < -0.3 is 5.32 Å². The summed E-state index contributed by atoms with van der Waals surface area (Å²) < 4.78 is 15.5. The van der Waals surface area contributed by atoms with Crippen LogP contribution in [0.5, 0.6) is 0 Å². The van der Waals surface area contributed by atoms with Gasteiger partial charge in [0.1, 0.15) is 5.82 Å². The van der Waals surface area contributed by atoms with Crippen molar-refractivity contribution in [2.75, 3.05) is 13.1 Å². The van der Waals surface area contributed by atoms with Gasteiger partial charge in [0.2, 0.25) is 0 Å². The Labute approximate surface area is 199 Å². The van der Waals surface area contributed by atoms with Crippen molar-refractivity contribution >= 4 is 34.9 Å². The minimum absolute atomic E-state index is 0.00356. The van der Waals surface area contributed by atoms with Crippen LogP contribution in [0.15, 0.2) is 59.8 Å². The molecule has 1 aromatic carbocycles. The Bertz CT molecular complexity index is 1270. The van der Waals surface area contributed by atoms with E-state index in [-0.39, 0.29) is 35.4 Å². The van der Waals surface area contributed by atoms with E-state index in [1.54, 1.807) is 35.1 Å². The zero-order chi connectivity index (χ0) is 24.2. The maximum absolute atomic E-state index is 13.9. The van der Waals surface area contributed by atoms with Gasteiger partial charge in [-0.3, -0.25) is 19.3 Å². The van der Waals surface area contributed by atoms with E-state index < -0.39 is 17.0 Å². The summed E-state index contributed by atoms with van der Waals surface area (Å²) in [6, 6.07) is 11.4. The highest BCUT2D eigenvalue weighted by Crippen LogP contribution is 2.32. The van der Waals surface area contributed by atoms with E-state index in [2.05, 4.69) is 15.4 Å². The van der Waals surface area contributed by atoms with Crippen molar-refractivity contribution in [3.63, 3.8) is 0 Å². The monoisotopic (exact) mass is 479 g/mol. The van der Waals surface area contributed by atoms with Crippen LogP contribution >= 0.6 is 11.8 Å². The van der Waals surface area contributed by atoms with E-state index in [4.69, 9.17) is 0 Å². The first kappa shape index (κ1) is 23.4. The van der Waals surface area contributed by atoms with Gasteiger partial charge in [-0.2, -0.15) is 5.10 Å². The second-order valence-electron chi connectivity index (χ2n) is 7.81. The standard InChI is InChI=1S/C24H22FN5O3S/c1-15(2)21-17(14-28-30(21)20-9-5-6-10-26-20)22(31)27-11-12-29-23(32)19(34-24(29)33)13-16-7-3-4-8-18(16)25/h3-10,13-15H,11-12H2,1-2H3,(H,27,31)/b19-13-. The second-order valence-corrected chi connectivity index (χ2v) is 8.80. The molecular weight excluding hydrogens is 457 g/mol. The molecule has 34 heavy (non-hydrogen) atoms. The van der Waals surface area contributed by atoms with Crippen molar-refractivity contribution in [2.24, 2.45) is 0 Å². The van der Waals surface area contributed by atoms with Gasteiger partial charge in [-0.1, -0.05) is 38.1 Å². The molecule has 174 valence electrons. The number of rotatable bonds is 7. The Morgan fingerprint density at radius 1 is 1.18 bits per heavy atom. The van der Waals surface area contributed by atoms with Crippen LogP contribution < -0.4 is 5.32 Å². The number of carbonyl (C=O) groups is 3. The number of nitrogens with zero attached hydrogens (tertiary/aromatic N) is 4. The molecule has 0 bridgehead atoms. The third kappa shape index (κ3) is 4.76. The second kappa shape index (κ2) is 10.0. The molecule has 1 aliphatic rings. The number of hydrogen-bond donors (Lipinski definition) is 1. The van der Waals surface area contributed by atoms with Crippen LogP contribution in [-0.2, 0) is 4.79 Å². The number of carbonyl (C=O) groups excluding carboxylic acids is 3. The Kier molecular flexibility index (Phi) is 6.87. The van der Waals surface area contributed by atoms with Crippen LogP contribution in [0.3, 0.4) is 0 Å². The Hall–Kier alpha value is -3.79. The van der Waals surface area contributed by atoms with Gasteiger partial charge in [-0.25, -0.2) is 14.1 Å². The zero-order valence-corrected chi connectivity index (χ0v) is 19.4. The van der Waals surface area contributed by atoms with Gasteiger partial charge in [-0.15, -0.1) is 0 Å². The number of imide groups is 1. The molecular formula is C24H22FN5O3S. The lowest BCUT2D eigenvalue weighted by Gasteiger charge is -2.14. The van der Waals surface area contributed by atoms with Gasteiger partial charge in [0.25, 0.3) is 17.1 Å². The topological polar surface area (TPSA) is 97.2 Å². The van der Waals surface area contributed by atoms with Crippen molar-refractivity contribution in [3.05, 3.63) is 82.4 Å². The van der Waals surface area contributed by atoms with Crippen LogP contribution in [-0.4, -0.2) is 49.8 Å². The summed E-state index contributed by atoms with van der Waals surface area (Å²) in [6.07, 6.45) is 4.49. The van der Waals surface area contributed by atoms with Crippen molar-refractivity contribution in [2.45, 2.75) is 19.8 Å². The maximum Gasteiger partial charge on any atom is 0.293 e. The zero-order valence-electron chi connectivity index (χ0n) is 18.6. The average Bonchev–Trinajstić information content (AvgIpc) is 3.38. The summed E-state index contributed by atoms with van der Waals surface area (Å²) in [5.41, 5.74) is 1.33. The summed E-state index contributed by atoms with van der Waals surface area (Å²) in [7, 11) is 0. The van der Waals surface area contributed by atoms with Crippen LogP contribution in [0.2, 0.25) is 0 Å². The molecule has 8 nitrogen and oxygen atoms in total. The van der Waals surface area contributed by atoms with Crippen molar-refractivity contribution in [1.29, 1.82) is 0 Å². The van der Waals surface area contributed by atoms with E-state index in [1.165, 1.54) is 24.4 Å². The minimum Gasteiger partial charge on any atom is -0.350 e. The van der Waals surface area contributed by atoms with Crippen molar-refractivity contribution in [1.82, 2.24) is 25.0 Å². The fourth-order valence-electron chi connectivity index (χ4n) is 3.55. The smallest absolute Gasteiger partial charge is 0.293 e. The number of hydrogen-bond acceptors (Lipinski definition) is 6. The van der Waals surface area contributed by atoms with Crippen molar-refractivity contribution in [3.8, 4) is 5.82 Å². The molecule has 0 aliphatic carbocycles. The minimum atomic E-state index is -0.515. The first-order valence-corrected chi connectivity index (χ1v) is 11.5. The van der Waals surface area contributed by atoms with Crippen LogP contribution in [0.4, 0.5) is 9.18 Å². The fraction of sp³-hybridized carbons (Fsp3) is 0.208. The highest BCUT2D eigenvalue weighted by Gasteiger charge is 2.35. The molecule has 3 aromatic rings. The summed E-state index contributed by atoms with van der Waals surface area (Å²) in [6.45, 7) is 3.97. The number of aromatic nitrogens is 3. The van der Waals surface area contributed by atoms with Gasteiger partial charge in [0.15, 0.2) is 5.82 Å². The van der Waals surface area contributed by atoms with Crippen LogP contribution in [0, 0.1) is 5.82 Å². The number of nitrogens with one attached hydrogen (secondary N) is 1. The SMILES string of the molecule is CC(C)c1c(C(=O)NCCN2C(=O)S/C(=C\c3ccccc3F)C2=O)cnn1-c1ccccn1. The maximum atomic E-state index is 13.9. The molecule has 2 aromatic heterocycles. The Balaban J connectivity index is 1.43. The van der Waals surface area contributed by atoms with Crippen LogP contribution in [0.1, 0.15) is 41.4 Å². The molecule has 0 unspecified atom stereocenters. The molecule has 1 N–H and O–H groups in total. The molecule has 0 saturated carbocycles. The number of thioether (sulfide) groups is 1. The predicted molar refractivity (Wildman–Crippen MR) is 127 cm³/mol. The highest BCUT2D eigenvalue weighted by atomic mass is 32.2. The third-order valence-electron chi connectivity index (χ3n) is 5.15. The molecule has 1 fully saturated rings. The lowest BCUT2D eigenvalue weighted by molar-refractivity contribution is -0.122. The van der Waals surface area contributed by atoms with Gasteiger partial charge in [0, 0.05) is 24.8 Å². The molecule has 0 radical (unpaired) electrons. The van der Waals surface area contributed by atoms with Gasteiger partial charge >= 0.3 is 0 Å². The van der Waals surface area contributed by atoms with Crippen LogP contribution in [0.25, 0.3) is 11.9 Å². The highest BCUT2D eigenvalue weighted by molar-refractivity contribution is 8.18. The lowest BCUT2D eigenvalue weighted by Crippen LogP contribution is -2.37. The largest absolute Gasteiger partial charge is 0.350 e. The summed E-state index contributed by atoms with van der Waals surface area (Å²) in [4.78, 5) is 43.3. The van der Waals surface area contributed by atoms with E-state index in [0.717, 1.165) is 16.7 Å². The normalized spacial score (nSPS) is 14.9. The fourth-order valence-corrected chi connectivity index (χ4v) is 4.41. The Morgan fingerprint density at radius 2 is 1.94 bits per heavy atom. The molecule has 10 heteroatoms. The van der Waals surface area contributed by atoms with E-state index in [1.807, 2.05) is 19.9 Å². The predicted octanol–water partition coefficient (Wildman–Crippen LogP) is 4.00. The first-order chi connectivity index (χ1) is 16.4. The molecule has 3 heterocycles. The summed E-state index contributed by atoms with van der Waals surface area (Å²) in [5.74, 6) is -0.758. The first-order valence-electron chi connectivity index (χ1n) is 10.6. The van der Waals surface area contributed by atoms with E-state index >= 15 is 0 Å². The molecule has 3 amide bonds. The number of benzene rings is 1. The Morgan fingerprint density at radius 3 is 2.65 bits per heavy atom. The number of amides is 3. The van der Waals surface area contributed by atoms with Gasteiger partial charge in [0.05, 0.1) is 22.4 Å².